The van der Waals surface area contributed by atoms with Gasteiger partial charge in [0.05, 0.1) is 11.4 Å². The molecule has 0 saturated carbocycles. The molecule has 28 heavy (non-hydrogen) atoms. The van der Waals surface area contributed by atoms with Crippen molar-refractivity contribution in [1.82, 2.24) is 0 Å². The van der Waals surface area contributed by atoms with Crippen molar-refractivity contribution in [3.05, 3.63) is 46.6 Å². The van der Waals surface area contributed by atoms with Crippen LogP contribution in [0.3, 0.4) is 0 Å². The molecule has 0 bridgehead atoms. The summed E-state index contributed by atoms with van der Waals surface area (Å²) in [6, 6.07) is 2.92. The first-order valence-electron chi connectivity index (χ1n) is 7.76. The molecule has 0 atom stereocenters. The first kappa shape index (κ1) is 19.7. The third-order valence-electron chi connectivity index (χ3n) is 4.34. The van der Waals surface area contributed by atoms with Gasteiger partial charge in [-0.1, -0.05) is 6.07 Å². The molecule has 0 aliphatic carbocycles. The average Bonchev–Trinajstić information content (AvgIpc) is 3.06. The van der Waals surface area contributed by atoms with Gasteiger partial charge < -0.3 is 0 Å². The van der Waals surface area contributed by atoms with Crippen molar-refractivity contribution in [2.45, 2.75) is 13.8 Å². The second-order valence-electron chi connectivity index (χ2n) is 6.00. The van der Waals surface area contributed by atoms with E-state index in [0.717, 1.165) is 22.0 Å². The molecule has 0 spiro atoms. The van der Waals surface area contributed by atoms with Gasteiger partial charge >= 0.3 is 0 Å². The van der Waals surface area contributed by atoms with Crippen LogP contribution in [0.2, 0.25) is 0 Å². The second kappa shape index (κ2) is 6.81. The van der Waals surface area contributed by atoms with Crippen LogP contribution in [0.4, 0.5) is 11.4 Å². The van der Waals surface area contributed by atoms with Crippen LogP contribution in [0.25, 0.3) is 0 Å². The monoisotopic (exact) mass is 420 g/mol. The first-order chi connectivity index (χ1) is 13.1. The number of benzene rings is 1. The maximum atomic E-state index is 12.5. The average molecular weight is 421 g/mol. The minimum atomic E-state index is -1.08. The highest BCUT2D eigenvalue weighted by Gasteiger charge is 2.40. The Morgan fingerprint density at radius 3 is 1.71 bits per heavy atom. The lowest BCUT2D eigenvalue weighted by molar-refractivity contribution is -0.123. The zero-order valence-electron chi connectivity index (χ0n) is 14.4. The Labute approximate surface area is 168 Å². The van der Waals surface area contributed by atoms with Crippen molar-refractivity contribution in [3.63, 3.8) is 0 Å². The molecule has 142 valence electrons. The number of imide groups is 2. The normalized spacial score (nSPS) is 16.7. The zero-order valence-corrected chi connectivity index (χ0v) is 15.9. The number of nitrogens with zero attached hydrogens (tertiary/aromatic N) is 2. The van der Waals surface area contributed by atoms with E-state index in [-0.39, 0.29) is 16.9 Å². The number of rotatable bonds is 4. The van der Waals surface area contributed by atoms with E-state index in [2.05, 4.69) is 0 Å². The Balaban J connectivity index is 2.11. The number of hydrogen-bond acceptors (Lipinski definition) is 6. The van der Waals surface area contributed by atoms with Crippen LogP contribution >= 0.6 is 23.2 Å². The van der Waals surface area contributed by atoms with Crippen molar-refractivity contribution in [2.24, 2.45) is 0 Å². The van der Waals surface area contributed by atoms with Crippen LogP contribution in [0, 0.1) is 13.8 Å². The molecule has 2 aliphatic rings. The molecule has 8 nitrogen and oxygen atoms in total. The van der Waals surface area contributed by atoms with Gasteiger partial charge in [-0.15, -0.1) is 0 Å². The van der Waals surface area contributed by atoms with Gasteiger partial charge in [0.1, 0.15) is 11.1 Å². The lowest BCUT2D eigenvalue weighted by Crippen LogP contribution is -2.35. The third-order valence-corrected chi connectivity index (χ3v) is 4.74. The number of carbonyl (C=O) groups excluding carboxylic acids is 6. The second-order valence-corrected chi connectivity index (χ2v) is 6.68. The highest BCUT2D eigenvalue weighted by molar-refractivity contribution is 6.72. The fourth-order valence-electron chi connectivity index (χ4n) is 3.07. The molecule has 3 rings (SSSR count). The van der Waals surface area contributed by atoms with Gasteiger partial charge in [0.2, 0.25) is 0 Å². The number of halogens is 2. The number of amides is 4. The van der Waals surface area contributed by atoms with Crippen molar-refractivity contribution < 1.29 is 28.8 Å². The standard InChI is InChI=1S/C18H10Cl2N2O6/c1-7-3-4-11(21-12(23)5-9(15(19)25)17(21)27)8(2)14(7)22-13(24)6-10(16(20)26)18(22)28/h3-6H,1-2H3. The number of anilines is 2. The fraction of sp³-hybridized carbons (Fsp3) is 0.111. The van der Waals surface area contributed by atoms with Gasteiger partial charge in [-0.3, -0.25) is 28.8 Å². The number of aryl methyl sites for hydroxylation is 1. The molecule has 0 radical (unpaired) electrons. The van der Waals surface area contributed by atoms with Crippen LogP contribution in [0.5, 0.6) is 0 Å². The van der Waals surface area contributed by atoms with Crippen LogP contribution < -0.4 is 9.80 Å². The summed E-state index contributed by atoms with van der Waals surface area (Å²) in [6.45, 7) is 3.09. The van der Waals surface area contributed by atoms with E-state index in [9.17, 15) is 28.8 Å². The minimum Gasteiger partial charge on any atom is -0.275 e. The molecular formula is C18H10Cl2N2O6. The van der Waals surface area contributed by atoms with Crippen molar-refractivity contribution in [3.8, 4) is 0 Å². The summed E-state index contributed by atoms with van der Waals surface area (Å²) in [4.78, 5) is 73.6. The quantitative estimate of drug-likeness (QED) is 0.414. The third kappa shape index (κ3) is 2.87. The Kier molecular flexibility index (Phi) is 4.78. The van der Waals surface area contributed by atoms with E-state index in [4.69, 9.17) is 23.2 Å². The summed E-state index contributed by atoms with van der Waals surface area (Å²) in [6.07, 6.45) is 1.63. The number of hydrogen-bond donors (Lipinski definition) is 0. The molecule has 0 saturated heterocycles. The molecular weight excluding hydrogens is 411 g/mol. The Morgan fingerprint density at radius 2 is 1.25 bits per heavy atom. The summed E-state index contributed by atoms with van der Waals surface area (Å²) in [5.74, 6) is -3.41. The van der Waals surface area contributed by atoms with E-state index in [0.29, 0.717) is 5.56 Å². The van der Waals surface area contributed by atoms with Gasteiger partial charge in [0.15, 0.2) is 0 Å². The summed E-state index contributed by atoms with van der Waals surface area (Å²) >= 11 is 10.7. The summed E-state index contributed by atoms with van der Waals surface area (Å²) in [5, 5.41) is -2.16. The van der Waals surface area contributed by atoms with E-state index < -0.39 is 45.3 Å². The smallest absolute Gasteiger partial charge is 0.270 e. The van der Waals surface area contributed by atoms with Gasteiger partial charge in [-0.2, -0.15) is 0 Å². The fourth-order valence-corrected chi connectivity index (χ4v) is 3.34. The van der Waals surface area contributed by atoms with E-state index in [1.54, 1.807) is 6.92 Å². The number of carbonyl (C=O) groups is 6. The SMILES string of the molecule is Cc1ccc(N2C(=O)C=C(C(=O)Cl)C2=O)c(C)c1N1C(=O)C=C(C(=O)Cl)C1=O. The van der Waals surface area contributed by atoms with Gasteiger partial charge in [0.25, 0.3) is 34.1 Å². The first-order valence-corrected chi connectivity index (χ1v) is 8.52. The predicted octanol–water partition coefficient (Wildman–Crippen LogP) is 1.43. The molecule has 1 aromatic carbocycles. The molecule has 0 fully saturated rings. The highest BCUT2D eigenvalue weighted by atomic mass is 35.5. The van der Waals surface area contributed by atoms with E-state index in [1.807, 2.05) is 0 Å². The lowest BCUT2D eigenvalue weighted by Gasteiger charge is -2.24. The van der Waals surface area contributed by atoms with Gasteiger partial charge in [-0.25, -0.2) is 9.80 Å². The van der Waals surface area contributed by atoms with Crippen molar-refractivity contribution >= 4 is 68.7 Å². The van der Waals surface area contributed by atoms with E-state index >= 15 is 0 Å². The molecule has 10 heteroatoms. The van der Waals surface area contributed by atoms with Crippen molar-refractivity contribution in [1.29, 1.82) is 0 Å². The molecule has 0 aromatic heterocycles. The van der Waals surface area contributed by atoms with Crippen LogP contribution in [-0.4, -0.2) is 34.1 Å². The minimum absolute atomic E-state index is 0.0611. The Morgan fingerprint density at radius 1 is 0.786 bits per heavy atom. The van der Waals surface area contributed by atoms with Crippen molar-refractivity contribution in [2.75, 3.05) is 9.80 Å². The topological polar surface area (TPSA) is 109 Å². The van der Waals surface area contributed by atoms with Crippen LogP contribution in [-0.2, 0) is 28.8 Å². The van der Waals surface area contributed by atoms with Crippen LogP contribution in [0.1, 0.15) is 11.1 Å². The van der Waals surface area contributed by atoms with Gasteiger partial charge in [0, 0.05) is 12.2 Å². The molecule has 4 amide bonds. The van der Waals surface area contributed by atoms with E-state index in [1.165, 1.54) is 19.1 Å². The lowest BCUT2D eigenvalue weighted by atomic mass is 10.0. The summed E-state index contributed by atoms with van der Waals surface area (Å²) in [7, 11) is 0. The summed E-state index contributed by atoms with van der Waals surface area (Å²) < 4.78 is 0. The van der Waals surface area contributed by atoms with Gasteiger partial charge in [-0.05, 0) is 54.2 Å². The molecule has 2 heterocycles. The summed E-state index contributed by atoms with van der Waals surface area (Å²) in [5.41, 5.74) is -0.106. The molecule has 1 aromatic rings. The zero-order chi connectivity index (χ0) is 20.9. The molecule has 0 unspecified atom stereocenters. The Bertz CT molecular complexity index is 1090. The Hall–Kier alpha value is -3.10. The van der Waals surface area contributed by atoms with Crippen LogP contribution in [0.15, 0.2) is 35.4 Å². The largest absolute Gasteiger partial charge is 0.275 e. The maximum absolute atomic E-state index is 12.5. The maximum Gasteiger partial charge on any atom is 0.270 e. The predicted molar refractivity (Wildman–Crippen MR) is 98.8 cm³/mol. The molecule has 2 aliphatic heterocycles. The highest BCUT2D eigenvalue weighted by Crippen LogP contribution is 2.37. The molecule has 0 N–H and O–H groups in total.